The van der Waals surface area contributed by atoms with Gasteiger partial charge in [-0.1, -0.05) is 58.4 Å². The molecule has 0 aliphatic carbocycles. The van der Waals surface area contributed by atoms with Gasteiger partial charge in [0.05, 0.1) is 13.2 Å². The molecule has 6 heteroatoms. The zero-order chi connectivity index (χ0) is 17.2. The fourth-order valence-electron chi connectivity index (χ4n) is 2.95. The van der Waals surface area contributed by atoms with Crippen molar-refractivity contribution in [3.8, 4) is 0 Å². The Morgan fingerprint density at radius 1 is 1.20 bits per heavy atom. The normalized spacial score (nSPS) is 19.6. The van der Waals surface area contributed by atoms with Crippen LogP contribution in [0.15, 0.2) is 59.1 Å². The number of hydrogen-bond acceptors (Lipinski definition) is 3. The van der Waals surface area contributed by atoms with Crippen molar-refractivity contribution in [3.05, 3.63) is 70.2 Å². The van der Waals surface area contributed by atoms with E-state index in [4.69, 9.17) is 10.5 Å². The van der Waals surface area contributed by atoms with Gasteiger partial charge >= 0.3 is 0 Å². The van der Waals surface area contributed by atoms with Gasteiger partial charge in [0, 0.05) is 11.0 Å². The molecule has 2 atom stereocenters. The van der Waals surface area contributed by atoms with Crippen molar-refractivity contribution >= 4 is 34.2 Å². The van der Waals surface area contributed by atoms with E-state index in [1.54, 1.807) is 6.92 Å². The smallest absolute Gasteiger partial charge is 0.247 e. The third-order valence-electron chi connectivity index (χ3n) is 4.41. The maximum atomic E-state index is 13.0. The number of nitrogens with two attached hydrogens (primary N) is 1. The minimum Gasteiger partial charge on any atom is -0.370 e. The molecule has 0 radical (unpaired) electrons. The number of carbonyl (C=O) groups is 1. The van der Waals surface area contributed by atoms with Gasteiger partial charge in [-0.25, -0.2) is 0 Å². The number of morpholine rings is 1. The molecule has 0 bridgehead atoms. The summed E-state index contributed by atoms with van der Waals surface area (Å²) >= 11 is 3.41. The third kappa shape index (κ3) is 4.42. The summed E-state index contributed by atoms with van der Waals surface area (Å²) in [6.45, 7) is 3.37. The average molecular weight is 426 g/mol. The highest BCUT2D eigenvalue weighted by molar-refractivity contribution is 9.10. The van der Waals surface area contributed by atoms with Gasteiger partial charge in [0.2, 0.25) is 5.91 Å². The summed E-state index contributed by atoms with van der Waals surface area (Å²) in [4.78, 5) is 14.8. The van der Waals surface area contributed by atoms with Crippen molar-refractivity contribution in [3.63, 3.8) is 0 Å². The van der Waals surface area contributed by atoms with Gasteiger partial charge in [-0.2, -0.15) is 0 Å². The SMILES string of the molecule is CC(N)(C(=O)N1CCOC(c2ccccc2)C1)c1ccc(Br)cc1.Cl. The molecule has 1 fully saturated rings. The molecule has 1 saturated heterocycles. The van der Waals surface area contributed by atoms with E-state index < -0.39 is 5.54 Å². The number of nitrogens with zero attached hydrogens (tertiary/aromatic N) is 1. The lowest BCUT2D eigenvalue weighted by Gasteiger charge is -2.37. The van der Waals surface area contributed by atoms with Crippen LogP contribution in [0.4, 0.5) is 0 Å². The Morgan fingerprint density at radius 3 is 2.48 bits per heavy atom. The Labute approximate surface area is 162 Å². The molecule has 1 aliphatic heterocycles. The van der Waals surface area contributed by atoms with Crippen LogP contribution in [-0.2, 0) is 15.1 Å². The molecular formula is C19H22BrClN2O2. The number of rotatable bonds is 3. The average Bonchev–Trinajstić information content (AvgIpc) is 2.62. The summed E-state index contributed by atoms with van der Waals surface area (Å²) in [6, 6.07) is 17.6. The second-order valence-electron chi connectivity index (χ2n) is 6.23. The van der Waals surface area contributed by atoms with E-state index in [1.165, 1.54) is 0 Å². The van der Waals surface area contributed by atoms with E-state index in [0.717, 1.165) is 15.6 Å². The molecule has 3 rings (SSSR count). The Balaban J connectivity index is 0.00000225. The lowest BCUT2D eigenvalue weighted by atomic mass is 9.91. The molecule has 1 aliphatic rings. The number of amides is 1. The Bertz CT molecular complexity index is 707. The molecule has 2 aromatic rings. The Hall–Kier alpha value is -1.40. The van der Waals surface area contributed by atoms with Gasteiger partial charge < -0.3 is 15.4 Å². The topological polar surface area (TPSA) is 55.6 Å². The zero-order valence-corrected chi connectivity index (χ0v) is 16.4. The van der Waals surface area contributed by atoms with E-state index in [2.05, 4.69) is 15.9 Å². The van der Waals surface area contributed by atoms with Crippen molar-refractivity contribution in [1.82, 2.24) is 4.90 Å². The molecule has 134 valence electrons. The van der Waals surface area contributed by atoms with Crippen LogP contribution in [0, 0.1) is 0 Å². The lowest BCUT2D eigenvalue weighted by Crippen LogP contribution is -2.54. The van der Waals surface area contributed by atoms with Crippen molar-refractivity contribution in [1.29, 1.82) is 0 Å². The number of carbonyl (C=O) groups excluding carboxylic acids is 1. The number of ether oxygens (including phenoxy) is 1. The fourth-order valence-corrected chi connectivity index (χ4v) is 3.22. The Morgan fingerprint density at radius 2 is 1.84 bits per heavy atom. The summed E-state index contributed by atoms with van der Waals surface area (Å²) in [7, 11) is 0. The maximum absolute atomic E-state index is 13.0. The number of hydrogen-bond donors (Lipinski definition) is 1. The van der Waals surface area contributed by atoms with Crippen LogP contribution in [0.3, 0.4) is 0 Å². The molecule has 1 amide bonds. The van der Waals surface area contributed by atoms with E-state index in [0.29, 0.717) is 19.7 Å². The molecule has 25 heavy (non-hydrogen) atoms. The van der Waals surface area contributed by atoms with Gasteiger partial charge in [0.25, 0.3) is 0 Å². The van der Waals surface area contributed by atoms with E-state index >= 15 is 0 Å². The van der Waals surface area contributed by atoms with E-state index in [9.17, 15) is 4.79 Å². The molecule has 0 spiro atoms. The van der Waals surface area contributed by atoms with Crippen LogP contribution in [0.1, 0.15) is 24.2 Å². The van der Waals surface area contributed by atoms with Crippen molar-refractivity contribution in [2.45, 2.75) is 18.6 Å². The molecule has 0 saturated carbocycles. The zero-order valence-electron chi connectivity index (χ0n) is 14.0. The number of benzene rings is 2. The molecule has 2 aromatic carbocycles. The minimum absolute atomic E-state index is 0. The van der Waals surface area contributed by atoms with Gasteiger partial charge in [0.15, 0.2) is 0 Å². The first-order valence-electron chi connectivity index (χ1n) is 7.99. The largest absolute Gasteiger partial charge is 0.370 e. The second-order valence-corrected chi connectivity index (χ2v) is 7.15. The highest BCUT2D eigenvalue weighted by Crippen LogP contribution is 2.27. The van der Waals surface area contributed by atoms with Gasteiger partial charge in [-0.3, -0.25) is 4.79 Å². The van der Waals surface area contributed by atoms with Gasteiger partial charge in [-0.15, -0.1) is 12.4 Å². The Kier molecular flexibility index (Phi) is 6.63. The molecule has 4 nitrogen and oxygen atoms in total. The van der Waals surface area contributed by atoms with Crippen LogP contribution in [0.5, 0.6) is 0 Å². The highest BCUT2D eigenvalue weighted by atomic mass is 79.9. The molecule has 2 unspecified atom stereocenters. The first-order chi connectivity index (χ1) is 11.5. The van der Waals surface area contributed by atoms with Crippen LogP contribution >= 0.6 is 28.3 Å². The predicted molar refractivity (Wildman–Crippen MR) is 105 cm³/mol. The highest BCUT2D eigenvalue weighted by Gasteiger charge is 2.37. The molecule has 2 N–H and O–H groups in total. The maximum Gasteiger partial charge on any atom is 0.247 e. The first-order valence-corrected chi connectivity index (χ1v) is 8.78. The fraction of sp³-hybridized carbons (Fsp3) is 0.316. The van der Waals surface area contributed by atoms with Crippen LogP contribution in [0.2, 0.25) is 0 Å². The van der Waals surface area contributed by atoms with Crippen molar-refractivity contribution < 1.29 is 9.53 Å². The summed E-state index contributed by atoms with van der Waals surface area (Å²) in [5.74, 6) is -0.0750. The summed E-state index contributed by atoms with van der Waals surface area (Å²) in [5.41, 5.74) is 7.23. The summed E-state index contributed by atoms with van der Waals surface area (Å²) in [6.07, 6.45) is -0.107. The monoisotopic (exact) mass is 424 g/mol. The predicted octanol–water partition coefficient (Wildman–Crippen LogP) is 3.64. The second kappa shape index (κ2) is 8.32. The first kappa shape index (κ1) is 19.9. The lowest BCUT2D eigenvalue weighted by molar-refractivity contribution is -0.144. The third-order valence-corrected chi connectivity index (χ3v) is 4.94. The van der Waals surface area contributed by atoms with Gasteiger partial charge in [-0.05, 0) is 30.2 Å². The van der Waals surface area contributed by atoms with E-state index in [1.807, 2.05) is 59.5 Å². The van der Waals surface area contributed by atoms with E-state index in [-0.39, 0.29) is 24.4 Å². The molecule has 1 heterocycles. The summed E-state index contributed by atoms with van der Waals surface area (Å²) < 4.78 is 6.80. The van der Waals surface area contributed by atoms with Crippen LogP contribution < -0.4 is 5.73 Å². The van der Waals surface area contributed by atoms with Crippen LogP contribution in [-0.4, -0.2) is 30.5 Å². The van der Waals surface area contributed by atoms with Crippen molar-refractivity contribution in [2.75, 3.05) is 19.7 Å². The summed E-state index contributed by atoms with van der Waals surface area (Å²) in [5, 5.41) is 0. The van der Waals surface area contributed by atoms with Crippen molar-refractivity contribution in [2.24, 2.45) is 5.73 Å². The van der Waals surface area contributed by atoms with Gasteiger partial charge in [0.1, 0.15) is 11.6 Å². The minimum atomic E-state index is -1.06. The molecular weight excluding hydrogens is 404 g/mol. The van der Waals surface area contributed by atoms with Crippen LogP contribution in [0.25, 0.3) is 0 Å². The molecule has 0 aromatic heterocycles. The standard InChI is InChI=1S/C19H21BrN2O2.ClH/c1-19(21,15-7-9-16(20)10-8-15)18(23)22-11-12-24-17(13-22)14-5-3-2-4-6-14;/h2-10,17H,11-13,21H2,1H3;1H. The number of halogens is 2. The quantitative estimate of drug-likeness (QED) is 0.817.